The van der Waals surface area contributed by atoms with Crippen molar-refractivity contribution in [2.75, 3.05) is 21.3 Å². The van der Waals surface area contributed by atoms with Crippen molar-refractivity contribution in [3.05, 3.63) is 77.7 Å². The highest BCUT2D eigenvalue weighted by atomic mass is 19.1. The first-order valence-electron chi connectivity index (χ1n) is 10.8. The summed E-state index contributed by atoms with van der Waals surface area (Å²) in [6.45, 7) is 1.15. The Balaban J connectivity index is 1.59. The van der Waals surface area contributed by atoms with Gasteiger partial charge in [-0.2, -0.15) is 4.57 Å². The summed E-state index contributed by atoms with van der Waals surface area (Å²) in [5.41, 5.74) is 4.36. The van der Waals surface area contributed by atoms with Gasteiger partial charge in [0.2, 0.25) is 5.69 Å². The number of nitrogens with zero attached hydrogens (tertiary/aromatic N) is 1. The minimum Gasteiger partial charge on any atom is -0.493 e. The molecular weight excluding hydrogens is 421 g/mol. The molecule has 0 amide bonds. The van der Waals surface area contributed by atoms with Gasteiger partial charge in [-0.25, -0.2) is 4.39 Å². The van der Waals surface area contributed by atoms with Crippen LogP contribution in [0.4, 0.5) is 4.39 Å². The van der Waals surface area contributed by atoms with E-state index in [0.29, 0.717) is 23.9 Å². The average molecular weight is 446 g/mol. The van der Waals surface area contributed by atoms with Gasteiger partial charge < -0.3 is 18.9 Å². The van der Waals surface area contributed by atoms with Gasteiger partial charge in [0.15, 0.2) is 35.7 Å². The number of hydrogen-bond acceptors (Lipinski definition) is 4. The summed E-state index contributed by atoms with van der Waals surface area (Å²) in [5.74, 6) is 2.52. The van der Waals surface area contributed by atoms with E-state index >= 15 is 0 Å². The predicted octanol–water partition coefficient (Wildman–Crippen LogP) is 5.09. The molecule has 0 N–H and O–H groups in total. The van der Waals surface area contributed by atoms with Gasteiger partial charge in [-0.15, -0.1) is 0 Å². The van der Waals surface area contributed by atoms with Crippen LogP contribution in [0, 0.1) is 5.82 Å². The fourth-order valence-electron chi connectivity index (χ4n) is 4.38. The topological polar surface area (TPSA) is 40.8 Å². The lowest BCUT2D eigenvalue weighted by Crippen LogP contribution is -2.40. The molecule has 5 rings (SSSR count). The molecule has 33 heavy (non-hydrogen) atoms. The normalized spacial score (nSPS) is 12.1. The van der Waals surface area contributed by atoms with Crippen LogP contribution in [-0.4, -0.2) is 21.3 Å². The molecule has 168 valence electrons. The van der Waals surface area contributed by atoms with Gasteiger partial charge in [0.25, 0.3) is 0 Å². The van der Waals surface area contributed by atoms with Gasteiger partial charge in [0.1, 0.15) is 12.4 Å². The van der Waals surface area contributed by atoms with Gasteiger partial charge >= 0.3 is 0 Å². The Labute approximate surface area is 191 Å². The van der Waals surface area contributed by atoms with Gasteiger partial charge in [-0.3, -0.25) is 0 Å². The van der Waals surface area contributed by atoms with Crippen molar-refractivity contribution >= 4 is 10.8 Å². The third-order valence-electron chi connectivity index (χ3n) is 6.10. The minimum absolute atomic E-state index is 0.265. The van der Waals surface area contributed by atoms with Crippen molar-refractivity contribution in [2.45, 2.75) is 19.6 Å². The maximum atomic E-state index is 13.3. The lowest BCUT2D eigenvalue weighted by atomic mass is 9.95. The van der Waals surface area contributed by atoms with E-state index in [2.05, 4.69) is 22.9 Å². The third-order valence-corrected chi connectivity index (χ3v) is 6.10. The molecule has 0 fully saturated rings. The van der Waals surface area contributed by atoms with Crippen LogP contribution in [0.15, 0.2) is 60.8 Å². The third kappa shape index (κ3) is 3.82. The minimum atomic E-state index is -0.265. The van der Waals surface area contributed by atoms with Gasteiger partial charge in [-0.05, 0) is 52.9 Å². The van der Waals surface area contributed by atoms with Crippen LogP contribution in [0.5, 0.6) is 23.0 Å². The van der Waals surface area contributed by atoms with E-state index in [1.807, 2.05) is 18.2 Å². The molecule has 0 unspecified atom stereocenters. The molecular formula is C27H25FNO4+. The van der Waals surface area contributed by atoms with E-state index in [4.69, 9.17) is 18.9 Å². The zero-order valence-electron chi connectivity index (χ0n) is 18.9. The summed E-state index contributed by atoms with van der Waals surface area (Å²) >= 11 is 0. The molecule has 3 aromatic carbocycles. The number of hydrogen-bond donors (Lipinski definition) is 0. The second-order valence-electron chi connectivity index (χ2n) is 7.98. The zero-order chi connectivity index (χ0) is 22.9. The van der Waals surface area contributed by atoms with Crippen LogP contribution >= 0.6 is 0 Å². The average Bonchev–Trinajstić information content (AvgIpc) is 2.86. The standard InChI is InChI=1S/C27H25FNO4/c1-30-24-9-6-18-12-23-21-14-26(32-3)25(31-2)13-19(21)10-11-29(23)15-22(18)27(24)33-16-17-4-7-20(28)8-5-17/h4-9,12-15H,10-11,16H2,1-3H3/q+1. The quantitative estimate of drug-likeness (QED) is 0.387. The first-order valence-corrected chi connectivity index (χ1v) is 10.8. The molecule has 4 aromatic rings. The van der Waals surface area contributed by atoms with Crippen molar-refractivity contribution in [2.24, 2.45) is 0 Å². The molecule has 2 heterocycles. The molecule has 1 aromatic heterocycles. The van der Waals surface area contributed by atoms with E-state index in [0.717, 1.165) is 46.3 Å². The number of aryl methyl sites for hydroxylation is 2. The SMILES string of the molecule is COc1cc2c(cc1OC)-c1cc3ccc(OC)c(OCc4ccc(F)cc4)c3c[n+]1CC2. The number of halogens is 1. The summed E-state index contributed by atoms with van der Waals surface area (Å²) in [5, 5.41) is 2.00. The molecule has 0 saturated carbocycles. The van der Waals surface area contributed by atoms with E-state index in [1.54, 1.807) is 33.5 Å². The molecule has 1 aliphatic rings. The van der Waals surface area contributed by atoms with E-state index in [1.165, 1.54) is 17.7 Å². The summed E-state index contributed by atoms with van der Waals surface area (Å²) in [6.07, 6.45) is 3.00. The smallest absolute Gasteiger partial charge is 0.213 e. The fraction of sp³-hybridized carbons (Fsp3) is 0.222. The highest BCUT2D eigenvalue weighted by Crippen LogP contribution is 2.40. The first kappa shape index (κ1) is 21.1. The fourth-order valence-corrected chi connectivity index (χ4v) is 4.38. The second-order valence-corrected chi connectivity index (χ2v) is 7.98. The number of rotatable bonds is 6. The Bertz CT molecular complexity index is 1330. The predicted molar refractivity (Wildman–Crippen MR) is 124 cm³/mol. The molecule has 0 saturated heterocycles. The largest absolute Gasteiger partial charge is 0.493 e. The van der Waals surface area contributed by atoms with Crippen LogP contribution < -0.4 is 23.5 Å². The molecule has 0 aliphatic carbocycles. The van der Waals surface area contributed by atoms with Crippen molar-refractivity contribution in [3.63, 3.8) is 0 Å². The van der Waals surface area contributed by atoms with Crippen LogP contribution in [0.1, 0.15) is 11.1 Å². The van der Waals surface area contributed by atoms with E-state index in [-0.39, 0.29) is 5.82 Å². The Morgan fingerprint density at radius 3 is 2.30 bits per heavy atom. The van der Waals surface area contributed by atoms with Gasteiger partial charge in [0.05, 0.1) is 32.3 Å². The summed E-state index contributed by atoms with van der Waals surface area (Å²) < 4.78 is 38.3. The second kappa shape index (κ2) is 8.62. The summed E-state index contributed by atoms with van der Waals surface area (Å²) in [6, 6.07) is 16.5. The van der Waals surface area contributed by atoms with Crippen LogP contribution in [0.2, 0.25) is 0 Å². The number of pyridine rings is 1. The number of ether oxygens (including phenoxy) is 4. The maximum Gasteiger partial charge on any atom is 0.213 e. The van der Waals surface area contributed by atoms with Gasteiger partial charge in [0, 0.05) is 12.5 Å². The highest BCUT2D eigenvalue weighted by molar-refractivity contribution is 5.91. The summed E-state index contributed by atoms with van der Waals surface area (Å²) in [7, 11) is 4.94. The molecule has 0 radical (unpaired) electrons. The van der Waals surface area contributed by atoms with Crippen LogP contribution in [0.25, 0.3) is 22.0 Å². The van der Waals surface area contributed by atoms with Crippen molar-refractivity contribution in [1.29, 1.82) is 0 Å². The first-order chi connectivity index (χ1) is 16.1. The molecule has 1 aliphatic heterocycles. The number of fused-ring (bicyclic) bond motifs is 4. The van der Waals surface area contributed by atoms with Crippen molar-refractivity contribution < 1.29 is 27.9 Å². The Hall–Kier alpha value is -3.80. The van der Waals surface area contributed by atoms with E-state index in [9.17, 15) is 4.39 Å². The zero-order valence-corrected chi connectivity index (χ0v) is 18.9. The molecule has 5 nitrogen and oxygen atoms in total. The van der Waals surface area contributed by atoms with Gasteiger partial charge in [-0.1, -0.05) is 12.1 Å². The summed E-state index contributed by atoms with van der Waals surface area (Å²) in [4.78, 5) is 0. The molecule has 0 atom stereocenters. The lowest BCUT2D eigenvalue weighted by molar-refractivity contribution is -0.686. The van der Waals surface area contributed by atoms with Crippen LogP contribution in [-0.2, 0) is 19.6 Å². The van der Waals surface area contributed by atoms with Crippen molar-refractivity contribution in [1.82, 2.24) is 0 Å². The Kier molecular flexibility index (Phi) is 5.50. The van der Waals surface area contributed by atoms with E-state index < -0.39 is 0 Å². The molecule has 0 spiro atoms. The number of methoxy groups -OCH3 is 3. The number of benzene rings is 3. The van der Waals surface area contributed by atoms with Crippen molar-refractivity contribution in [3.8, 4) is 34.3 Å². The monoisotopic (exact) mass is 446 g/mol. The lowest BCUT2D eigenvalue weighted by Gasteiger charge is -2.19. The molecule has 0 bridgehead atoms. The highest BCUT2D eigenvalue weighted by Gasteiger charge is 2.27. The molecule has 6 heteroatoms. The maximum absolute atomic E-state index is 13.3. The Morgan fingerprint density at radius 2 is 1.58 bits per heavy atom. The Morgan fingerprint density at radius 1 is 0.848 bits per heavy atom. The number of aromatic nitrogens is 1. The van der Waals surface area contributed by atoms with Crippen LogP contribution in [0.3, 0.4) is 0 Å².